The van der Waals surface area contributed by atoms with Crippen molar-refractivity contribution in [1.29, 1.82) is 0 Å². The molecular formula is C29H35N3O6S. The van der Waals surface area contributed by atoms with E-state index in [0.29, 0.717) is 35.9 Å². The Morgan fingerprint density at radius 2 is 1.54 bits per heavy atom. The van der Waals surface area contributed by atoms with Gasteiger partial charge in [-0.3, -0.25) is 13.9 Å². The third-order valence-electron chi connectivity index (χ3n) is 6.01. The van der Waals surface area contributed by atoms with Gasteiger partial charge in [-0.15, -0.1) is 0 Å². The molecule has 0 aliphatic heterocycles. The normalized spacial score (nSPS) is 11.8. The molecule has 208 valence electrons. The molecule has 3 aromatic carbocycles. The zero-order valence-corrected chi connectivity index (χ0v) is 23.5. The van der Waals surface area contributed by atoms with Gasteiger partial charge in [-0.1, -0.05) is 37.3 Å². The van der Waals surface area contributed by atoms with Crippen molar-refractivity contribution in [1.82, 2.24) is 10.2 Å². The fraction of sp³-hybridized carbons (Fsp3) is 0.310. The summed E-state index contributed by atoms with van der Waals surface area (Å²) < 4.78 is 37.8. The molecule has 1 atom stereocenters. The lowest BCUT2D eigenvalue weighted by Gasteiger charge is -2.32. The first kappa shape index (κ1) is 29.5. The summed E-state index contributed by atoms with van der Waals surface area (Å²) in [5.41, 5.74) is 1.05. The number of nitrogens with zero attached hydrogens (tertiary/aromatic N) is 2. The summed E-state index contributed by atoms with van der Waals surface area (Å²) in [5, 5.41) is 2.78. The van der Waals surface area contributed by atoms with E-state index in [4.69, 9.17) is 9.47 Å². The first-order chi connectivity index (χ1) is 18.7. The second-order valence-electron chi connectivity index (χ2n) is 8.87. The Hall–Kier alpha value is -4.05. The summed E-state index contributed by atoms with van der Waals surface area (Å²) in [7, 11) is -2.29. The number of hydrogen-bond acceptors (Lipinski definition) is 6. The quantitative estimate of drug-likeness (QED) is 0.340. The van der Waals surface area contributed by atoms with Crippen LogP contribution in [-0.2, 0) is 26.2 Å². The van der Waals surface area contributed by atoms with Gasteiger partial charge < -0.3 is 19.7 Å². The van der Waals surface area contributed by atoms with Gasteiger partial charge in [0.2, 0.25) is 21.8 Å². The van der Waals surface area contributed by atoms with Crippen LogP contribution in [-0.4, -0.2) is 57.6 Å². The molecule has 0 aromatic heterocycles. The van der Waals surface area contributed by atoms with Crippen molar-refractivity contribution in [2.45, 2.75) is 32.9 Å². The van der Waals surface area contributed by atoms with Gasteiger partial charge in [0.15, 0.2) is 0 Å². The predicted molar refractivity (Wildman–Crippen MR) is 151 cm³/mol. The van der Waals surface area contributed by atoms with Crippen molar-refractivity contribution >= 4 is 27.5 Å². The fourth-order valence-electron chi connectivity index (χ4n) is 4.10. The number of anilines is 1. The number of carbonyl (C=O) groups excluding carboxylic acids is 2. The average Bonchev–Trinajstić information content (AvgIpc) is 2.92. The number of methoxy groups -OCH3 is 1. The van der Waals surface area contributed by atoms with Crippen LogP contribution in [0.3, 0.4) is 0 Å². The zero-order valence-electron chi connectivity index (χ0n) is 22.7. The minimum atomic E-state index is -3.84. The van der Waals surface area contributed by atoms with Crippen LogP contribution in [0.15, 0.2) is 78.9 Å². The molecule has 0 fully saturated rings. The van der Waals surface area contributed by atoms with Crippen LogP contribution >= 0.6 is 0 Å². The molecular weight excluding hydrogens is 518 g/mol. The third kappa shape index (κ3) is 8.22. The van der Waals surface area contributed by atoms with Gasteiger partial charge in [0.25, 0.3) is 0 Å². The minimum absolute atomic E-state index is 0.104. The highest BCUT2D eigenvalue weighted by Gasteiger charge is 2.31. The molecule has 0 saturated carbocycles. The number of nitrogens with one attached hydrogen (secondary N) is 1. The first-order valence-corrected chi connectivity index (χ1v) is 14.5. The Balaban J connectivity index is 1.89. The molecule has 0 saturated heterocycles. The number of rotatable bonds is 13. The molecule has 3 aromatic rings. The van der Waals surface area contributed by atoms with E-state index >= 15 is 0 Å². The summed E-state index contributed by atoms with van der Waals surface area (Å²) in [6, 6.07) is 22.1. The second-order valence-corrected chi connectivity index (χ2v) is 10.8. The Labute approximate surface area is 230 Å². The predicted octanol–water partition coefficient (Wildman–Crippen LogP) is 4.20. The lowest BCUT2D eigenvalue weighted by Crippen LogP contribution is -2.52. The lowest BCUT2D eigenvalue weighted by molar-refractivity contribution is -0.140. The van der Waals surface area contributed by atoms with Crippen molar-refractivity contribution < 1.29 is 27.5 Å². The summed E-state index contributed by atoms with van der Waals surface area (Å²) >= 11 is 0. The molecule has 0 aliphatic carbocycles. The number of sulfonamides is 1. The average molecular weight is 554 g/mol. The van der Waals surface area contributed by atoms with Crippen molar-refractivity contribution in [3.63, 3.8) is 0 Å². The number of hydrogen-bond donors (Lipinski definition) is 1. The molecule has 1 N–H and O–H groups in total. The molecule has 0 spiro atoms. The van der Waals surface area contributed by atoms with Crippen LogP contribution in [0, 0.1) is 0 Å². The van der Waals surface area contributed by atoms with E-state index in [1.165, 1.54) is 4.90 Å². The third-order valence-corrected chi connectivity index (χ3v) is 7.15. The number of amides is 2. The Kier molecular flexibility index (Phi) is 10.3. The number of ether oxygens (including phenoxy) is 2. The topological polar surface area (TPSA) is 105 Å². The second kappa shape index (κ2) is 13.7. The number of likely N-dealkylation sites (N-methyl/N-ethyl adjacent to an activating group) is 1. The van der Waals surface area contributed by atoms with Crippen LogP contribution in [0.4, 0.5) is 5.69 Å². The molecule has 3 rings (SSSR count). The van der Waals surface area contributed by atoms with Gasteiger partial charge in [-0.05, 0) is 67.4 Å². The zero-order chi connectivity index (χ0) is 28.4. The fourth-order valence-corrected chi connectivity index (χ4v) is 4.95. The highest BCUT2D eigenvalue weighted by molar-refractivity contribution is 7.92. The Morgan fingerprint density at radius 3 is 2.13 bits per heavy atom. The molecule has 1 unspecified atom stereocenters. The van der Waals surface area contributed by atoms with E-state index in [-0.39, 0.29) is 12.5 Å². The van der Waals surface area contributed by atoms with Gasteiger partial charge in [0, 0.05) is 13.1 Å². The highest BCUT2D eigenvalue weighted by Crippen LogP contribution is 2.26. The van der Waals surface area contributed by atoms with Crippen molar-refractivity contribution in [3.8, 4) is 17.2 Å². The standard InChI is InChI=1S/C29H35N3O6S/c1-5-27(29(34)30-6-2)31(20-22-11-10-14-26(19-22)37-3)28(33)21-32(39(4,35)36)23-15-17-25(18-16-23)38-24-12-8-7-9-13-24/h7-19,27H,5-6,20-21H2,1-4H3,(H,30,34). The molecule has 0 radical (unpaired) electrons. The van der Waals surface area contributed by atoms with Gasteiger partial charge in [-0.2, -0.15) is 0 Å². The molecule has 0 heterocycles. The van der Waals surface area contributed by atoms with Crippen molar-refractivity contribution in [3.05, 3.63) is 84.4 Å². The number of carbonyl (C=O) groups is 2. The molecule has 0 bridgehead atoms. The number of para-hydroxylation sites is 1. The smallest absolute Gasteiger partial charge is 0.244 e. The highest BCUT2D eigenvalue weighted by atomic mass is 32.2. The SMILES string of the molecule is CCNC(=O)C(CC)N(Cc1cccc(OC)c1)C(=O)CN(c1ccc(Oc2ccccc2)cc1)S(C)(=O)=O. The first-order valence-electron chi connectivity index (χ1n) is 12.7. The van der Waals surface area contributed by atoms with Crippen LogP contribution in [0.2, 0.25) is 0 Å². The summed E-state index contributed by atoms with van der Waals surface area (Å²) in [5.74, 6) is 0.966. The Bertz CT molecular complexity index is 1350. The van der Waals surface area contributed by atoms with Crippen molar-refractivity contribution in [2.24, 2.45) is 0 Å². The van der Waals surface area contributed by atoms with E-state index in [2.05, 4.69) is 5.32 Å². The van der Waals surface area contributed by atoms with E-state index in [1.807, 2.05) is 43.3 Å². The van der Waals surface area contributed by atoms with E-state index < -0.39 is 28.5 Å². The molecule has 0 aliphatic rings. The van der Waals surface area contributed by atoms with Gasteiger partial charge in [0.1, 0.15) is 29.8 Å². The summed E-state index contributed by atoms with van der Waals surface area (Å²) in [6.07, 6.45) is 1.40. The molecule has 10 heteroatoms. The van der Waals surface area contributed by atoms with Gasteiger partial charge >= 0.3 is 0 Å². The molecule has 2 amide bonds. The lowest BCUT2D eigenvalue weighted by atomic mass is 10.1. The van der Waals surface area contributed by atoms with Crippen LogP contribution in [0.1, 0.15) is 25.8 Å². The van der Waals surface area contributed by atoms with Crippen molar-refractivity contribution in [2.75, 3.05) is 30.8 Å². The van der Waals surface area contributed by atoms with Crippen LogP contribution in [0.5, 0.6) is 17.2 Å². The maximum atomic E-state index is 13.7. The maximum absolute atomic E-state index is 13.7. The number of benzene rings is 3. The largest absolute Gasteiger partial charge is 0.497 e. The van der Waals surface area contributed by atoms with E-state index in [0.717, 1.165) is 16.1 Å². The monoisotopic (exact) mass is 553 g/mol. The summed E-state index contributed by atoms with van der Waals surface area (Å²) in [4.78, 5) is 28.1. The Morgan fingerprint density at radius 1 is 0.897 bits per heavy atom. The molecule has 39 heavy (non-hydrogen) atoms. The molecule has 9 nitrogen and oxygen atoms in total. The van der Waals surface area contributed by atoms with Crippen LogP contribution in [0.25, 0.3) is 0 Å². The van der Waals surface area contributed by atoms with E-state index in [1.54, 1.807) is 56.5 Å². The maximum Gasteiger partial charge on any atom is 0.244 e. The summed E-state index contributed by atoms with van der Waals surface area (Å²) in [6.45, 7) is 3.65. The minimum Gasteiger partial charge on any atom is -0.497 e. The van der Waals surface area contributed by atoms with E-state index in [9.17, 15) is 18.0 Å². The van der Waals surface area contributed by atoms with Gasteiger partial charge in [0.05, 0.1) is 19.1 Å². The van der Waals surface area contributed by atoms with Crippen LogP contribution < -0.4 is 19.1 Å². The van der Waals surface area contributed by atoms with Gasteiger partial charge in [-0.25, -0.2) is 8.42 Å².